The largest absolute Gasteiger partial charge is 0.293 e. The molecule has 3 aromatic heterocycles. The van der Waals surface area contributed by atoms with Crippen LogP contribution in [-0.4, -0.2) is 18.9 Å². The molecule has 0 unspecified atom stereocenters. The molecule has 3 heterocycles. The molecule has 25 heavy (non-hydrogen) atoms. The van der Waals surface area contributed by atoms with Gasteiger partial charge in [-0.1, -0.05) is 17.7 Å². The van der Waals surface area contributed by atoms with Gasteiger partial charge in [0.05, 0.1) is 29.5 Å². The third-order valence-corrected chi connectivity index (χ3v) is 4.29. The van der Waals surface area contributed by atoms with E-state index < -0.39 is 0 Å². The molecule has 0 amide bonds. The van der Waals surface area contributed by atoms with Gasteiger partial charge in [-0.15, -0.1) is 0 Å². The molecule has 0 saturated heterocycles. The summed E-state index contributed by atoms with van der Waals surface area (Å²) in [7, 11) is 0. The number of hydrogen-bond acceptors (Lipinski definition) is 4. The van der Waals surface area contributed by atoms with Gasteiger partial charge in [-0.3, -0.25) is 18.6 Å². The molecule has 0 atom stereocenters. The molecule has 0 N–H and O–H groups in total. The van der Waals surface area contributed by atoms with Gasteiger partial charge >= 0.3 is 0 Å². The first-order valence-corrected chi connectivity index (χ1v) is 8.03. The molecule has 0 aliphatic rings. The van der Waals surface area contributed by atoms with Crippen LogP contribution in [0.25, 0.3) is 16.6 Å². The van der Waals surface area contributed by atoms with Gasteiger partial charge in [-0.25, -0.2) is 9.97 Å². The monoisotopic (exact) mass is 352 g/mol. The van der Waals surface area contributed by atoms with Crippen molar-refractivity contribution in [3.8, 4) is 0 Å². The lowest BCUT2D eigenvalue weighted by atomic mass is 10.2. The number of benzene rings is 1. The van der Waals surface area contributed by atoms with Crippen molar-refractivity contribution < 1.29 is 0 Å². The minimum atomic E-state index is -0.201. The summed E-state index contributed by atoms with van der Waals surface area (Å²) >= 11 is 5.93. The van der Waals surface area contributed by atoms with E-state index >= 15 is 0 Å². The van der Waals surface area contributed by atoms with Crippen molar-refractivity contribution in [1.82, 2.24) is 18.9 Å². The minimum absolute atomic E-state index is 0.171. The number of hydrogen-bond donors (Lipinski definition) is 0. The van der Waals surface area contributed by atoms with Gasteiger partial charge in [-0.05, 0) is 36.8 Å². The molecule has 0 aliphatic heterocycles. The van der Waals surface area contributed by atoms with Crippen LogP contribution in [0, 0.1) is 6.92 Å². The van der Waals surface area contributed by atoms with E-state index in [2.05, 4.69) is 9.97 Å². The normalized spacial score (nSPS) is 11.3. The van der Waals surface area contributed by atoms with Crippen LogP contribution in [0.1, 0.15) is 11.3 Å². The summed E-state index contributed by atoms with van der Waals surface area (Å²) in [6.07, 6.45) is 3.12. The van der Waals surface area contributed by atoms with Gasteiger partial charge in [0.25, 0.3) is 11.1 Å². The van der Waals surface area contributed by atoms with E-state index in [0.29, 0.717) is 27.3 Å². The standard InChI is InChI=1S/C18H13ClN4O2/c1-11-3-2-6-23-16(24)8-13(21-17(11)23)9-22-10-20-15-7-12(19)4-5-14(15)18(22)25/h2-8,10H,9H2,1H3. The molecule has 6 nitrogen and oxygen atoms in total. The third kappa shape index (κ3) is 2.70. The maximum Gasteiger partial charge on any atom is 0.261 e. The zero-order valence-electron chi connectivity index (χ0n) is 13.3. The second-order valence-electron chi connectivity index (χ2n) is 5.81. The minimum Gasteiger partial charge on any atom is -0.293 e. The van der Waals surface area contributed by atoms with E-state index in [1.54, 1.807) is 30.5 Å². The van der Waals surface area contributed by atoms with Crippen LogP contribution in [0.2, 0.25) is 5.02 Å². The first kappa shape index (κ1) is 15.5. The van der Waals surface area contributed by atoms with Gasteiger partial charge in [0.2, 0.25) is 0 Å². The van der Waals surface area contributed by atoms with Gasteiger partial charge in [-0.2, -0.15) is 0 Å². The molecule has 0 saturated carbocycles. The van der Waals surface area contributed by atoms with Crippen LogP contribution in [0.4, 0.5) is 0 Å². The Labute approximate surface area is 147 Å². The van der Waals surface area contributed by atoms with Crippen molar-refractivity contribution >= 4 is 28.2 Å². The molecule has 7 heteroatoms. The first-order valence-electron chi connectivity index (χ1n) is 7.65. The highest BCUT2D eigenvalue weighted by Gasteiger charge is 2.09. The highest BCUT2D eigenvalue weighted by molar-refractivity contribution is 6.31. The number of rotatable bonds is 2. The van der Waals surface area contributed by atoms with E-state index in [1.807, 2.05) is 13.0 Å². The van der Waals surface area contributed by atoms with Crippen LogP contribution in [0.15, 0.2) is 58.5 Å². The molecule has 0 spiro atoms. The number of fused-ring (bicyclic) bond motifs is 2. The number of aryl methyl sites for hydroxylation is 1. The Kier molecular flexibility index (Phi) is 3.62. The summed E-state index contributed by atoms with van der Waals surface area (Å²) in [5.74, 6) is 0. The Balaban J connectivity index is 1.84. The number of nitrogens with zero attached hydrogens (tertiary/aromatic N) is 4. The highest BCUT2D eigenvalue weighted by atomic mass is 35.5. The van der Waals surface area contributed by atoms with E-state index in [-0.39, 0.29) is 17.7 Å². The van der Waals surface area contributed by atoms with Crippen LogP contribution in [0.5, 0.6) is 0 Å². The SMILES string of the molecule is Cc1cccn2c(=O)cc(Cn3cnc4cc(Cl)ccc4c3=O)nc12. The molecule has 0 aliphatic carbocycles. The Morgan fingerprint density at radius 3 is 2.84 bits per heavy atom. The van der Waals surface area contributed by atoms with E-state index in [1.165, 1.54) is 21.4 Å². The van der Waals surface area contributed by atoms with Crippen LogP contribution >= 0.6 is 11.6 Å². The smallest absolute Gasteiger partial charge is 0.261 e. The lowest BCUT2D eigenvalue weighted by Crippen LogP contribution is -2.23. The molecule has 0 radical (unpaired) electrons. The summed E-state index contributed by atoms with van der Waals surface area (Å²) in [6, 6.07) is 10.1. The molecular weight excluding hydrogens is 340 g/mol. The predicted octanol–water partition coefficient (Wildman–Crippen LogP) is 2.41. The van der Waals surface area contributed by atoms with Gasteiger partial charge in [0.1, 0.15) is 5.65 Å². The quantitative estimate of drug-likeness (QED) is 0.555. The van der Waals surface area contributed by atoms with Gasteiger partial charge in [0.15, 0.2) is 0 Å². The molecule has 0 bridgehead atoms. The van der Waals surface area contributed by atoms with Gasteiger partial charge < -0.3 is 0 Å². The lowest BCUT2D eigenvalue weighted by molar-refractivity contribution is 0.726. The predicted molar refractivity (Wildman–Crippen MR) is 96.3 cm³/mol. The summed E-state index contributed by atoms with van der Waals surface area (Å²) in [5.41, 5.74) is 2.14. The Hall–Kier alpha value is -2.99. The van der Waals surface area contributed by atoms with Crippen molar-refractivity contribution in [3.05, 3.63) is 85.9 Å². The van der Waals surface area contributed by atoms with Crippen LogP contribution in [-0.2, 0) is 6.54 Å². The second kappa shape index (κ2) is 5.82. The maximum atomic E-state index is 12.6. The molecule has 4 aromatic rings. The Morgan fingerprint density at radius 2 is 2.00 bits per heavy atom. The maximum absolute atomic E-state index is 12.6. The number of pyridine rings is 1. The Bertz CT molecular complexity index is 1240. The molecule has 124 valence electrons. The topological polar surface area (TPSA) is 69.3 Å². The Morgan fingerprint density at radius 1 is 1.16 bits per heavy atom. The summed E-state index contributed by atoms with van der Waals surface area (Å²) < 4.78 is 2.93. The fourth-order valence-electron chi connectivity index (χ4n) is 2.81. The summed E-state index contributed by atoms with van der Waals surface area (Å²) in [4.78, 5) is 33.7. The van der Waals surface area contributed by atoms with E-state index in [9.17, 15) is 9.59 Å². The number of halogens is 1. The van der Waals surface area contributed by atoms with Gasteiger partial charge in [0, 0.05) is 17.3 Å². The van der Waals surface area contributed by atoms with E-state index in [0.717, 1.165) is 5.56 Å². The van der Waals surface area contributed by atoms with Crippen LogP contribution in [0.3, 0.4) is 0 Å². The highest BCUT2D eigenvalue weighted by Crippen LogP contribution is 2.14. The van der Waals surface area contributed by atoms with Crippen molar-refractivity contribution in [1.29, 1.82) is 0 Å². The zero-order chi connectivity index (χ0) is 17.6. The lowest BCUT2D eigenvalue weighted by Gasteiger charge is -2.08. The van der Waals surface area contributed by atoms with Crippen molar-refractivity contribution in [3.63, 3.8) is 0 Å². The molecular formula is C18H13ClN4O2. The zero-order valence-corrected chi connectivity index (χ0v) is 14.1. The summed E-state index contributed by atoms with van der Waals surface area (Å²) in [6.45, 7) is 2.06. The molecule has 4 rings (SSSR count). The van der Waals surface area contributed by atoms with Crippen molar-refractivity contribution in [2.24, 2.45) is 0 Å². The third-order valence-electron chi connectivity index (χ3n) is 4.06. The second-order valence-corrected chi connectivity index (χ2v) is 6.25. The van der Waals surface area contributed by atoms with Crippen molar-refractivity contribution in [2.45, 2.75) is 13.5 Å². The van der Waals surface area contributed by atoms with E-state index in [4.69, 9.17) is 11.6 Å². The fraction of sp³-hybridized carbons (Fsp3) is 0.111. The molecule has 1 aromatic carbocycles. The fourth-order valence-corrected chi connectivity index (χ4v) is 2.97. The average Bonchev–Trinajstić information content (AvgIpc) is 2.58. The molecule has 0 fully saturated rings. The first-order chi connectivity index (χ1) is 12.0. The summed E-state index contributed by atoms with van der Waals surface area (Å²) in [5, 5.41) is 0.998. The number of aromatic nitrogens is 4. The van der Waals surface area contributed by atoms with Crippen molar-refractivity contribution in [2.75, 3.05) is 0 Å². The average molecular weight is 353 g/mol. The van der Waals surface area contributed by atoms with Crippen LogP contribution < -0.4 is 11.1 Å².